The van der Waals surface area contributed by atoms with Gasteiger partial charge in [-0.15, -0.1) is 0 Å². The first-order valence-corrected chi connectivity index (χ1v) is 10.0. The average molecular weight is 446 g/mol. The van der Waals surface area contributed by atoms with Gasteiger partial charge < -0.3 is 19.9 Å². The molecule has 0 amide bonds. The molecule has 1 aliphatic rings. The maximum atomic E-state index is 15.1. The summed E-state index contributed by atoms with van der Waals surface area (Å²) in [5.41, 5.74) is 5.72. The molecule has 0 aromatic heterocycles. The summed E-state index contributed by atoms with van der Waals surface area (Å²) in [6.45, 7) is -0.195. The maximum Gasteiger partial charge on any atom is 0.338 e. The van der Waals surface area contributed by atoms with Crippen molar-refractivity contribution >= 4 is 11.9 Å². The molecule has 2 aromatic carbocycles. The normalized spacial score (nSPS) is 22.0. The second-order valence-electron chi connectivity index (χ2n) is 7.00. The van der Waals surface area contributed by atoms with Gasteiger partial charge in [0.05, 0.1) is 11.1 Å². The number of carbonyl (C=O) groups is 2. The Hall–Kier alpha value is -3.14. The lowest BCUT2D eigenvalue weighted by Crippen LogP contribution is -2.49. The molecule has 170 valence electrons. The van der Waals surface area contributed by atoms with Crippen molar-refractivity contribution in [2.45, 2.75) is 24.4 Å². The number of rotatable bonds is 9. The van der Waals surface area contributed by atoms with Crippen LogP contribution in [0.1, 0.15) is 20.7 Å². The largest absolute Gasteiger partial charge is 0.459 e. The van der Waals surface area contributed by atoms with Gasteiger partial charge in [0.2, 0.25) is 0 Å². The summed E-state index contributed by atoms with van der Waals surface area (Å²) in [5.74, 6) is -5.21. The van der Waals surface area contributed by atoms with Gasteiger partial charge in [0.15, 0.2) is 12.3 Å². The molecule has 1 heterocycles. The van der Waals surface area contributed by atoms with Gasteiger partial charge in [-0.3, -0.25) is 5.32 Å². The molecular formula is C23H24F2N2O5. The second kappa shape index (κ2) is 10.9. The zero-order valence-electron chi connectivity index (χ0n) is 17.2. The minimum absolute atomic E-state index is 0.0628. The molecule has 1 saturated heterocycles. The van der Waals surface area contributed by atoms with E-state index in [0.29, 0.717) is 0 Å². The molecule has 0 spiro atoms. The minimum atomic E-state index is -3.58. The molecule has 0 bridgehead atoms. The number of nitrogens with one attached hydrogen (secondary N) is 1. The van der Waals surface area contributed by atoms with Crippen LogP contribution in [0, 0.1) is 0 Å². The predicted octanol–water partition coefficient (Wildman–Crippen LogP) is 2.53. The Morgan fingerprint density at radius 3 is 2.19 bits per heavy atom. The van der Waals surface area contributed by atoms with Crippen molar-refractivity contribution in [2.24, 2.45) is 5.73 Å². The fourth-order valence-corrected chi connectivity index (χ4v) is 3.13. The number of halogens is 2. The summed E-state index contributed by atoms with van der Waals surface area (Å²) in [6, 6.07) is 15.9. The first-order valence-electron chi connectivity index (χ1n) is 10.0. The number of nitrogens with two attached hydrogens (primary N) is 1. The lowest BCUT2D eigenvalue weighted by Gasteiger charge is -2.24. The summed E-state index contributed by atoms with van der Waals surface area (Å²) in [4.78, 5) is 24.7. The van der Waals surface area contributed by atoms with E-state index in [1.165, 1.54) is 24.3 Å². The van der Waals surface area contributed by atoms with E-state index in [1.54, 1.807) is 48.6 Å². The van der Waals surface area contributed by atoms with Crippen molar-refractivity contribution in [3.8, 4) is 0 Å². The Morgan fingerprint density at radius 1 is 1.00 bits per heavy atom. The predicted molar refractivity (Wildman–Crippen MR) is 112 cm³/mol. The standard InChI is InChI=1S/C23H24F2N2O5/c24-23(25)19(32-21(29)17-11-5-2-6-12-17)18(31-22(23)27-14-8-7-13-26)15-30-20(28)16-9-3-1-4-10-16/h1-12,18-19,22,27H,13-15,26H2/b8-7-/t18-,19-,22?/m1/s1. The van der Waals surface area contributed by atoms with Crippen molar-refractivity contribution in [2.75, 3.05) is 19.7 Å². The molecule has 2 aromatic rings. The number of hydrogen-bond donors (Lipinski definition) is 2. The summed E-state index contributed by atoms with van der Waals surface area (Å²) < 4.78 is 45.9. The van der Waals surface area contributed by atoms with Crippen LogP contribution >= 0.6 is 0 Å². The van der Waals surface area contributed by atoms with Crippen molar-refractivity contribution in [3.05, 3.63) is 83.9 Å². The molecule has 1 aliphatic heterocycles. The van der Waals surface area contributed by atoms with Crippen molar-refractivity contribution < 1.29 is 32.6 Å². The Kier molecular flexibility index (Phi) is 8.04. The third-order valence-corrected chi connectivity index (χ3v) is 4.73. The van der Waals surface area contributed by atoms with Gasteiger partial charge >= 0.3 is 17.9 Å². The maximum absolute atomic E-state index is 15.1. The highest BCUT2D eigenvalue weighted by molar-refractivity contribution is 5.90. The van der Waals surface area contributed by atoms with Crippen LogP contribution in [0.2, 0.25) is 0 Å². The monoisotopic (exact) mass is 446 g/mol. The third-order valence-electron chi connectivity index (χ3n) is 4.73. The Bertz CT molecular complexity index is 924. The van der Waals surface area contributed by atoms with Gasteiger partial charge in [-0.05, 0) is 24.3 Å². The lowest BCUT2D eigenvalue weighted by molar-refractivity contribution is -0.124. The minimum Gasteiger partial charge on any atom is -0.459 e. The highest BCUT2D eigenvalue weighted by Crippen LogP contribution is 2.38. The van der Waals surface area contributed by atoms with Crippen LogP contribution in [-0.4, -0.2) is 56.0 Å². The Labute approximate surface area is 184 Å². The molecule has 3 atom stereocenters. The number of ether oxygens (including phenoxy) is 3. The molecule has 7 nitrogen and oxygen atoms in total. The first-order chi connectivity index (χ1) is 15.4. The van der Waals surface area contributed by atoms with E-state index in [4.69, 9.17) is 19.9 Å². The van der Waals surface area contributed by atoms with E-state index in [1.807, 2.05) is 0 Å². The number of carbonyl (C=O) groups excluding carboxylic acids is 2. The zero-order valence-corrected chi connectivity index (χ0v) is 17.2. The lowest BCUT2D eigenvalue weighted by atomic mass is 10.1. The summed E-state index contributed by atoms with van der Waals surface area (Å²) in [5, 5.41) is 2.55. The molecule has 0 saturated carbocycles. The van der Waals surface area contributed by atoms with E-state index in [9.17, 15) is 9.59 Å². The van der Waals surface area contributed by atoms with E-state index in [2.05, 4.69) is 5.32 Å². The van der Waals surface area contributed by atoms with Crippen molar-refractivity contribution in [1.29, 1.82) is 0 Å². The number of alkyl halides is 2. The summed E-state index contributed by atoms with van der Waals surface area (Å²) >= 11 is 0. The van der Waals surface area contributed by atoms with Crippen LogP contribution in [0.3, 0.4) is 0 Å². The molecule has 3 rings (SSSR count). The van der Waals surface area contributed by atoms with Gasteiger partial charge in [0, 0.05) is 13.1 Å². The molecule has 1 unspecified atom stereocenters. The van der Waals surface area contributed by atoms with Gasteiger partial charge in [0.1, 0.15) is 12.7 Å². The SMILES string of the molecule is NC/C=C\CNC1O[C@H](COC(=O)c2ccccc2)[C@@H](OC(=O)c2ccccc2)C1(F)F. The molecule has 9 heteroatoms. The quantitative estimate of drug-likeness (QED) is 0.451. The molecule has 32 heavy (non-hydrogen) atoms. The molecule has 3 N–H and O–H groups in total. The number of esters is 2. The van der Waals surface area contributed by atoms with Crippen LogP contribution in [0.25, 0.3) is 0 Å². The zero-order chi connectivity index (χ0) is 23.0. The Morgan fingerprint density at radius 2 is 1.59 bits per heavy atom. The van der Waals surface area contributed by atoms with Crippen LogP contribution in [0.5, 0.6) is 0 Å². The van der Waals surface area contributed by atoms with E-state index in [-0.39, 0.29) is 24.2 Å². The van der Waals surface area contributed by atoms with Gasteiger partial charge in [-0.1, -0.05) is 48.6 Å². The highest BCUT2D eigenvalue weighted by atomic mass is 19.3. The fourth-order valence-electron chi connectivity index (χ4n) is 3.13. The second-order valence-corrected chi connectivity index (χ2v) is 7.00. The fraction of sp³-hybridized carbons (Fsp3) is 0.304. The third kappa shape index (κ3) is 5.76. The van der Waals surface area contributed by atoms with Gasteiger partial charge in [-0.2, -0.15) is 8.78 Å². The number of hydrogen-bond acceptors (Lipinski definition) is 7. The number of benzene rings is 2. The molecule has 1 fully saturated rings. The van der Waals surface area contributed by atoms with E-state index < -0.39 is 42.9 Å². The average Bonchev–Trinajstić information content (AvgIpc) is 3.05. The van der Waals surface area contributed by atoms with Gasteiger partial charge in [-0.25, -0.2) is 9.59 Å². The van der Waals surface area contributed by atoms with Crippen molar-refractivity contribution in [1.82, 2.24) is 5.32 Å². The van der Waals surface area contributed by atoms with Crippen LogP contribution in [0.15, 0.2) is 72.8 Å². The molecular weight excluding hydrogens is 422 g/mol. The molecule has 0 aliphatic carbocycles. The topological polar surface area (TPSA) is 99.9 Å². The van der Waals surface area contributed by atoms with Crippen LogP contribution in [0.4, 0.5) is 8.78 Å². The first kappa shape index (κ1) is 23.5. The molecule has 0 radical (unpaired) electrons. The smallest absolute Gasteiger partial charge is 0.338 e. The summed E-state index contributed by atoms with van der Waals surface area (Å²) in [6.07, 6.45) is -1.91. The summed E-state index contributed by atoms with van der Waals surface area (Å²) in [7, 11) is 0. The van der Waals surface area contributed by atoms with E-state index >= 15 is 8.78 Å². The van der Waals surface area contributed by atoms with Crippen molar-refractivity contribution in [3.63, 3.8) is 0 Å². The Balaban J connectivity index is 1.73. The van der Waals surface area contributed by atoms with E-state index in [0.717, 1.165) is 0 Å². The van der Waals surface area contributed by atoms with Gasteiger partial charge in [0.25, 0.3) is 0 Å². The highest BCUT2D eigenvalue weighted by Gasteiger charge is 2.61. The van der Waals surface area contributed by atoms with Crippen LogP contribution < -0.4 is 11.1 Å². The van der Waals surface area contributed by atoms with Crippen LogP contribution in [-0.2, 0) is 14.2 Å².